The Balaban J connectivity index is 1.35. The van der Waals surface area contributed by atoms with Crippen LogP contribution >= 0.6 is 0 Å². The molecule has 0 N–H and O–H groups in total. The monoisotopic (exact) mass is 664 g/mol. The van der Waals surface area contributed by atoms with Gasteiger partial charge in [-0.1, -0.05) is 84.2 Å². The van der Waals surface area contributed by atoms with Crippen LogP contribution in [0.4, 0.5) is 0 Å². The van der Waals surface area contributed by atoms with E-state index in [1.807, 2.05) is 6.20 Å². The van der Waals surface area contributed by atoms with E-state index in [1.54, 1.807) is 0 Å². The lowest BCUT2D eigenvalue weighted by molar-refractivity contribution is 0.445. The van der Waals surface area contributed by atoms with Gasteiger partial charge in [0.1, 0.15) is 17.3 Å². The summed E-state index contributed by atoms with van der Waals surface area (Å²) in [5, 5.41) is 7.82. The van der Waals surface area contributed by atoms with Crippen LogP contribution in [0.2, 0.25) is 0 Å². The molecule has 1 aliphatic rings. The van der Waals surface area contributed by atoms with Crippen LogP contribution in [0.15, 0.2) is 90.6 Å². The highest BCUT2D eigenvalue weighted by molar-refractivity contribution is 6.09. The van der Waals surface area contributed by atoms with Gasteiger partial charge in [0, 0.05) is 46.3 Å². The lowest BCUT2D eigenvalue weighted by Gasteiger charge is -2.30. The highest BCUT2D eigenvalue weighted by Gasteiger charge is 2.31. The molecule has 5 nitrogen and oxygen atoms in total. The summed E-state index contributed by atoms with van der Waals surface area (Å²) in [4.78, 5) is 4.82. The third-order valence-corrected chi connectivity index (χ3v) is 10.7. The van der Waals surface area contributed by atoms with Crippen molar-refractivity contribution in [1.29, 1.82) is 0 Å². The number of hydrogen-bond donors (Lipinski definition) is 0. The van der Waals surface area contributed by atoms with Crippen molar-refractivity contribution in [3.05, 3.63) is 119 Å². The summed E-state index contributed by atoms with van der Waals surface area (Å²) in [7, 11) is 0. The standard InChI is InChI=1S/C45H52N4O/c1-8-14-39-45(44-30(6)16-13-17-31(44)7)41(15-9-2)49(47-39)34-25-33(29(4)5)26-36(27-34)50-35-20-21-38-37-18-11-12-19-40(37)48(42(38)28-35)43-24-32(10-3)22-23-46-43/h11-12,16,18-29,31,44H,8-10,13-15,17H2,1-7H3/t31?,44-/m0/s1. The Morgan fingerprint density at radius 3 is 2.42 bits per heavy atom. The lowest BCUT2D eigenvalue weighted by atomic mass is 9.74. The molecular formula is C45H52N4O. The lowest BCUT2D eigenvalue weighted by Crippen LogP contribution is -2.18. The molecule has 0 aliphatic heterocycles. The van der Waals surface area contributed by atoms with E-state index < -0.39 is 0 Å². The number of fused-ring (bicyclic) bond motifs is 3. The van der Waals surface area contributed by atoms with Crippen molar-refractivity contribution >= 4 is 21.8 Å². The molecule has 0 saturated carbocycles. The SMILES string of the molecule is CCCc1nn(-c2cc(Oc3ccc4c5ccccc5n(-c5cc(CC)ccn5)c4c3)cc(C(C)C)c2)c(CCC)c1[C@H]1C(C)=CCCC1C. The van der Waals surface area contributed by atoms with Crippen LogP contribution in [-0.2, 0) is 19.3 Å². The number of ether oxygens (including phenoxy) is 1. The number of pyridine rings is 1. The normalized spacial score (nSPS) is 16.4. The van der Waals surface area contributed by atoms with Crippen molar-refractivity contribution in [3.63, 3.8) is 0 Å². The van der Waals surface area contributed by atoms with Crippen LogP contribution < -0.4 is 4.74 Å². The summed E-state index contributed by atoms with van der Waals surface area (Å²) in [5.74, 6) is 3.93. The molecule has 5 heteroatoms. The third kappa shape index (κ3) is 6.27. The molecule has 2 atom stereocenters. The van der Waals surface area contributed by atoms with Gasteiger partial charge >= 0.3 is 0 Å². The number of hydrogen-bond acceptors (Lipinski definition) is 3. The highest BCUT2D eigenvalue weighted by atomic mass is 16.5. The maximum absolute atomic E-state index is 6.82. The van der Waals surface area contributed by atoms with Gasteiger partial charge in [0.05, 0.1) is 22.4 Å². The molecule has 258 valence electrons. The van der Waals surface area contributed by atoms with Gasteiger partial charge in [-0.15, -0.1) is 0 Å². The van der Waals surface area contributed by atoms with Crippen molar-refractivity contribution in [2.24, 2.45) is 5.92 Å². The topological polar surface area (TPSA) is 44.9 Å². The summed E-state index contributed by atoms with van der Waals surface area (Å²) in [5.41, 5.74) is 11.4. The van der Waals surface area contributed by atoms with E-state index in [1.165, 1.54) is 57.3 Å². The van der Waals surface area contributed by atoms with Crippen LogP contribution in [0.5, 0.6) is 11.5 Å². The molecule has 0 radical (unpaired) electrons. The van der Waals surface area contributed by atoms with Crippen LogP contribution in [-0.4, -0.2) is 19.3 Å². The van der Waals surface area contributed by atoms with Crippen LogP contribution in [0.1, 0.15) is 114 Å². The number of aromatic nitrogens is 4. The number of aryl methyl sites for hydroxylation is 2. The Kier molecular flexibility index (Phi) is 9.68. The number of rotatable bonds is 11. The molecule has 0 spiro atoms. The molecule has 3 aromatic heterocycles. The molecule has 0 saturated heterocycles. The Morgan fingerprint density at radius 1 is 0.860 bits per heavy atom. The fourth-order valence-corrected chi connectivity index (χ4v) is 8.14. The first-order valence-electron chi connectivity index (χ1n) is 18.9. The molecule has 6 aromatic rings. The Morgan fingerprint density at radius 2 is 1.66 bits per heavy atom. The van der Waals surface area contributed by atoms with E-state index in [-0.39, 0.29) is 0 Å². The molecule has 0 fully saturated rings. The summed E-state index contributed by atoms with van der Waals surface area (Å²) in [6, 6.07) is 26.1. The average molecular weight is 665 g/mol. The second-order valence-electron chi connectivity index (χ2n) is 14.6. The van der Waals surface area contributed by atoms with Crippen LogP contribution in [0.3, 0.4) is 0 Å². The third-order valence-electron chi connectivity index (χ3n) is 10.7. The maximum Gasteiger partial charge on any atom is 0.137 e. The molecule has 3 heterocycles. The van der Waals surface area contributed by atoms with E-state index >= 15 is 0 Å². The highest BCUT2D eigenvalue weighted by Crippen LogP contribution is 2.43. The molecule has 1 unspecified atom stereocenters. The van der Waals surface area contributed by atoms with Gasteiger partial charge in [0.2, 0.25) is 0 Å². The molecule has 1 aliphatic carbocycles. The zero-order chi connectivity index (χ0) is 34.9. The van der Waals surface area contributed by atoms with Crippen molar-refractivity contribution < 1.29 is 4.74 Å². The van der Waals surface area contributed by atoms with Crippen molar-refractivity contribution in [1.82, 2.24) is 19.3 Å². The summed E-state index contributed by atoms with van der Waals surface area (Å²) in [6.45, 7) is 16.0. The first-order valence-corrected chi connectivity index (χ1v) is 18.9. The molecular weight excluding hydrogens is 613 g/mol. The summed E-state index contributed by atoms with van der Waals surface area (Å²) < 4.78 is 11.4. The van der Waals surface area contributed by atoms with Gasteiger partial charge in [0.25, 0.3) is 0 Å². The van der Waals surface area contributed by atoms with Crippen molar-refractivity contribution in [3.8, 4) is 23.0 Å². The smallest absolute Gasteiger partial charge is 0.137 e. The summed E-state index contributed by atoms with van der Waals surface area (Å²) >= 11 is 0. The van der Waals surface area contributed by atoms with Gasteiger partial charge in [-0.2, -0.15) is 5.10 Å². The number of allylic oxidation sites excluding steroid dienone is 2. The predicted octanol–water partition coefficient (Wildman–Crippen LogP) is 12.2. The largest absolute Gasteiger partial charge is 0.457 e. The Bertz CT molecular complexity index is 2180. The number of para-hydroxylation sites is 1. The fraction of sp³-hybridized carbons (Fsp3) is 0.378. The number of nitrogens with zero attached hydrogens (tertiary/aromatic N) is 4. The molecule has 0 bridgehead atoms. The van der Waals surface area contributed by atoms with Gasteiger partial charge in [-0.25, -0.2) is 9.67 Å². The van der Waals surface area contributed by atoms with Crippen LogP contribution in [0.25, 0.3) is 33.3 Å². The minimum Gasteiger partial charge on any atom is -0.457 e. The van der Waals surface area contributed by atoms with E-state index in [4.69, 9.17) is 14.8 Å². The molecule has 7 rings (SSSR count). The second kappa shape index (κ2) is 14.3. The van der Waals surface area contributed by atoms with E-state index in [0.717, 1.165) is 66.1 Å². The van der Waals surface area contributed by atoms with E-state index in [0.29, 0.717) is 17.8 Å². The first kappa shape index (κ1) is 33.8. The Hall–Kier alpha value is -4.64. The van der Waals surface area contributed by atoms with Gasteiger partial charge in [-0.3, -0.25) is 4.57 Å². The zero-order valence-corrected chi connectivity index (χ0v) is 31.0. The summed E-state index contributed by atoms with van der Waals surface area (Å²) in [6.07, 6.45) is 11.9. The fourth-order valence-electron chi connectivity index (χ4n) is 8.14. The van der Waals surface area contributed by atoms with Gasteiger partial charge < -0.3 is 4.74 Å². The van der Waals surface area contributed by atoms with Crippen LogP contribution in [0, 0.1) is 5.92 Å². The van der Waals surface area contributed by atoms with Crippen molar-refractivity contribution in [2.75, 3.05) is 0 Å². The second-order valence-corrected chi connectivity index (χ2v) is 14.6. The zero-order valence-electron chi connectivity index (χ0n) is 31.0. The molecule has 50 heavy (non-hydrogen) atoms. The average Bonchev–Trinajstić information content (AvgIpc) is 3.63. The van der Waals surface area contributed by atoms with E-state index in [9.17, 15) is 0 Å². The number of benzene rings is 3. The quantitative estimate of drug-likeness (QED) is 0.129. The predicted molar refractivity (Wildman–Crippen MR) is 209 cm³/mol. The molecule has 3 aromatic carbocycles. The van der Waals surface area contributed by atoms with Crippen molar-refractivity contribution in [2.45, 2.75) is 105 Å². The molecule has 0 amide bonds. The Labute approximate surface area is 298 Å². The van der Waals surface area contributed by atoms with E-state index in [2.05, 4.69) is 137 Å². The minimum absolute atomic E-state index is 0.336. The first-order chi connectivity index (χ1) is 24.3. The van der Waals surface area contributed by atoms with Gasteiger partial charge in [0.15, 0.2) is 0 Å². The minimum atomic E-state index is 0.336. The van der Waals surface area contributed by atoms with Gasteiger partial charge in [-0.05, 0) is 104 Å². The maximum atomic E-state index is 6.82.